The molecule has 0 saturated heterocycles. The predicted molar refractivity (Wildman–Crippen MR) is 116 cm³/mol. The summed E-state index contributed by atoms with van der Waals surface area (Å²) in [7, 11) is 1.93. The zero-order valence-corrected chi connectivity index (χ0v) is 20.1. The number of esters is 1. The molecule has 0 aliphatic heterocycles. The number of hydrogen-bond donors (Lipinski definition) is 0. The minimum atomic E-state index is -0.524. The van der Waals surface area contributed by atoms with Gasteiger partial charge < -0.3 is 33.1 Å². The van der Waals surface area contributed by atoms with Gasteiger partial charge in [0.25, 0.3) is 5.69 Å². The number of halogens is 1. The van der Waals surface area contributed by atoms with E-state index in [2.05, 4.69) is 0 Å². The Balaban J connectivity index is 0.00000306. The minimum Gasteiger partial charge on any atom is -1.00 e. The van der Waals surface area contributed by atoms with E-state index >= 15 is 0 Å². The van der Waals surface area contributed by atoms with Crippen LogP contribution >= 0.6 is 0 Å². The fourth-order valence-electron chi connectivity index (χ4n) is 3.50. The highest BCUT2D eigenvalue weighted by molar-refractivity contribution is 6.11. The van der Waals surface area contributed by atoms with Crippen molar-refractivity contribution < 1.29 is 47.8 Å². The highest BCUT2D eigenvalue weighted by Crippen LogP contribution is 2.27. The molecule has 4 aromatic rings. The van der Waals surface area contributed by atoms with Gasteiger partial charge in [-0.15, -0.1) is 0 Å². The number of non-ortho nitro benzene ring substituents is 1. The van der Waals surface area contributed by atoms with Crippen LogP contribution in [0.3, 0.4) is 0 Å². The topological polar surface area (TPSA) is 94.8 Å². The molecular weight excluding hydrogens is 537 g/mol. The van der Waals surface area contributed by atoms with Crippen LogP contribution in [0.15, 0.2) is 73.2 Å². The third kappa shape index (κ3) is 4.77. The number of fused-ring (bicyclic) bond motifs is 1. The quantitative estimate of drug-likeness (QED) is 0.0872. The molecule has 4 rings (SSSR count). The van der Waals surface area contributed by atoms with Crippen molar-refractivity contribution in [3.05, 3.63) is 100 Å². The van der Waals surface area contributed by atoms with Crippen molar-refractivity contribution >= 4 is 23.0 Å². The first-order valence-electron chi connectivity index (χ1n) is 9.96. The molecule has 3 heterocycles. The molecule has 0 fully saturated rings. The summed E-state index contributed by atoms with van der Waals surface area (Å²) < 4.78 is 8.76. The van der Waals surface area contributed by atoms with Crippen LogP contribution in [0, 0.1) is 10.1 Å². The van der Waals surface area contributed by atoms with E-state index in [4.69, 9.17) is 4.74 Å². The van der Waals surface area contributed by atoms with Gasteiger partial charge in [-0.05, 0) is 48.4 Å². The lowest BCUT2D eigenvalue weighted by atomic mass is 10.1. The van der Waals surface area contributed by atoms with Crippen LogP contribution in [0.5, 0.6) is 0 Å². The smallest absolute Gasteiger partial charge is 0.340 e. The highest BCUT2D eigenvalue weighted by atomic mass is 127. The van der Waals surface area contributed by atoms with Crippen LogP contribution in [-0.4, -0.2) is 27.7 Å². The van der Waals surface area contributed by atoms with Gasteiger partial charge >= 0.3 is 5.97 Å². The lowest BCUT2D eigenvalue weighted by molar-refractivity contribution is -0.671. The lowest BCUT2D eigenvalue weighted by Crippen LogP contribution is -3.00. The van der Waals surface area contributed by atoms with E-state index in [0.29, 0.717) is 5.52 Å². The van der Waals surface area contributed by atoms with Gasteiger partial charge in [-0.2, -0.15) is 0 Å². The molecule has 0 saturated carbocycles. The maximum atomic E-state index is 13.2. The van der Waals surface area contributed by atoms with Crippen molar-refractivity contribution in [2.75, 3.05) is 6.61 Å². The number of aromatic nitrogens is 2. The SMILES string of the molecule is CCOC(=O)c1cc(C(=O)c2ccc([N+](=O)[O-])cc2)n2ccc(-c3cc[n+](C)cc3)cc12.[I-]. The third-order valence-corrected chi connectivity index (χ3v) is 5.15. The van der Waals surface area contributed by atoms with E-state index in [-0.39, 0.29) is 58.9 Å². The van der Waals surface area contributed by atoms with Gasteiger partial charge in [-0.3, -0.25) is 14.9 Å². The molecule has 1 aromatic carbocycles. The van der Waals surface area contributed by atoms with Crippen LogP contribution < -0.4 is 28.5 Å². The van der Waals surface area contributed by atoms with Gasteiger partial charge in [0.05, 0.1) is 28.3 Å². The number of rotatable bonds is 6. The molecule has 33 heavy (non-hydrogen) atoms. The summed E-state index contributed by atoms with van der Waals surface area (Å²) in [6, 6.07) is 14.5. The van der Waals surface area contributed by atoms with Crippen LogP contribution in [0.4, 0.5) is 5.69 Å². The van der Waals surface area contributed by atoms with Crippen LogP contribution in [0.25, 0.3) is 16.6 Å². The summed E-state index contributed by atoms with van der Waals surface area (Å²) in [4.78, 5) is 36.2. The number of carbonyl (C=O) groups is 2. The minimum absolute atomic E-state index is 0. The Hall–Kier alpha value is -3.60. The van der Waals surface area contributed by atoms with Crippen molar-refractivity contribution in [3.8, 4) is 11.1 Å². The number of benzene rings is 1. The molecular formula is C24H20IN3O5. The fraction of sp³-hybridized carbons (Fsp3) is 0.125. The molecule has 3 aromatic heterocycles. The van der Waals surface area contributed by atoms with Gasteiger partial charge in [0.1, 0.15) is 7.05 Å². The summed E-state index contributed by atoms with van der Waals surface area (Å²) in [5.41, 5.74) is 3.11. The third-order valence-electron chi connectivity index (χ3n) is 5.15. The van der Waals surface area contributed by atoms with E-state index in [1.807, 2.05) is 48.3 Å². The number of carbonyl (C=O) groups excluding carboxylic acids is 2. The Bertz CT molecular complexity index is 1350. The molecule has 0 atom stereocenters. The number of nitro groups is 1. The predicted octanol–water partition coefficient (Wildman–Crippen LogP) is 0.751. The van der Waals surface area contributed by atoms with Crippen molar-refractivity contribution in [2.24, 2.45) is 7.05 Å². The van der Waals surface area contributed by atoms with Gasteiger partial charge in [-0.25, -0.2) is 9.36 Å². The first kappa shape index (κ1) is 24.1. The number of ketones is 1. The molecule has 0 radical (unpaired) electrons. The van der Waals surface area contributed by atoms with E-state index in [0.717, 1.165) is 11.1 Å². The first-order valence-corrected chi connectivity index (χ1v) is 9.96. The number of pyridine rings is 2. The van der Waals surface area contributed by atoms with Crippen molar-refractivity contribution in [1.29, 1.82) is 0 Å². The van der Waals surface area contributed by atoms with E-state index < -0.39 is 10.9 Å². The average molecular weight is 557 g/mol. The molecule has 0 unspecified atom stereocenters. The Morgan fingerprint density at radius 2 is 1.70 bits per heavy atom. The maximum Gasteiger partial charge on any atom is 0.340 e. The molecule has 0 aliphatic carbocycles. The molecule has 9 heteroatoms. The molecule has 0 bridgehead atoms. The summed E-state index contributed by atoms with van der Waals surface area (Å²) >= 11 is 0. The second-order valence-corrected chi connectivity index (χ2v) is 7.22. The van der Waals surface area contributed by atoms with Crippen molar-refractivity contribution in [1.82, 2.24) is 4.40 Å². The van der Waals surface area contributed by atoms with Crippen LogP contribution in [0.1, 0.15) is 33.3 Å². The van der Waals surface area contributed by atoms with E-state index in [9.17, 15) is 19.7 Å². The fourth-order valence-corrected chi connectivity index (χ4v) is 3.50. The number of ether oxygens (including phenoxy) is 1. The lowest BCUT2D eigenvalue weighted by Gasteiger charge is -2.06. The molecule has 0 N–H and O–H groups in total. The Kier molecular flexibility index (Phi) is 7.22. The number of aryl methyl sites for hydroxylation is 1. The molecule has 168 valence electrons. The molecule has 8 nitrogen and oxygen atoms in total. The molecule has 0 amide bonds. The summed E-state index contributed by atoms with van der Waals surface area (Å²) in [6.07, 6.45) is 5.58. The maximum absolute atomic E-state index is 13.2. The average Bonchev–Trinajstić information content (AvgIpc) is 3.18. The normalized spacial score (nSPS) is 10.5. The monoisotopic (exact) mass is 557 g/mol. The first-order chi connectivity index (χ1) is 15.4. The van der Waals surface area contributed by atoms with Gasteiger partial charge in [0.2, 0.25) is 5.78 Å². The molecule has 0 aliphatic rings. The standard InChI is InChI=1S/C24H20N3O5.HI/c1-3-32-24(29)20-15-22(23(28)17-4-6-19(7-5-17)27(30)31)26-13-10-18(14-21(20)26)16-8-11-25(2)12-9-16;/h4-15H,3H2,1-2H3;1H/q+1;/p-1. The summed E-state index contributed by atoms with van der Waals surface area (Å²) in [5.74, 6) is -0.880. The van der Waals surface area contributed by atoms with Crippen LogP contribution in [0.2, 0.25) is 0 Å². The zero-order valence-electron chi connectivity index (χ0n) is 17.9. The molecule has 0 spiro atoms. The second-order valence-electron chi connectivity index (χ2n) is 7.22. The second kappa shape index (κ2) is 9.90. The van der Waals surface area contributed by atoms with E-state index in [1.165, 1.54) is 30.3 Å². The Morgan fingerprint density at radius 1 is 1.03 bits per heavy atom. The van der Waals surface area contributed by atoms with Gasteiger partial charge in [0.15, 0.2) is 12.4 Å². The summed E-state index contributed by atoms with van der Waals surface area (Å²) in [6.45, 7) is 1.92. The Morgan fingerprint density at radius 3 is 2.30 bits per heavy atom. The van der Waals surface area contributed by atoms with Crippen molar-refractivity contribution in [3.63, 3.8) is 0 Å². The summed E-state index contributed by atoms with van der Waals surface area (Å²) in [5, 5.41) is 10.9. The zero-order chi connectivity index (χ0) is 22.8. The van der Waals surface area contributed by atoms with Crippen molar-refractivity contribution in [2.45, 2.75) is 6.92 Å². The van der Waals surface area contributed by atoms with Crippen LogP contribution in [-0.2, 0) is 11.8 Å². The van der Waals surface area contributed by atoms with E-state index in [1.54, 1.807) is 17.5 Å². The largest absolute Gasteiger partial charge is 1.00 e. The van der Waals surface area contributed by atoms with Gasteiger partial charge in [-0.1, -0.05) is 0 Å². The number of nitro benzene ring substituents is 1. The number of nitrogens with zero attached hydrogens (tertiary/aromatic N) is 3. The van der Waals surface area contributed by atoms with Gasteiger partial charge in [0, 0.05) is 36.0 Å². The number of hydrogen-bond acceptors (Lipinski definition) is 5. The highest BCUT2D eigenvalue weighted by Gasteiger charge is 2.22. The Labute approximate surface area is 206 Å².